The Morgan fingerprint density at radius 1 is 1.36 bits per heavy atom. The van der Waals surface area contributed by atoms with E-state index in [4.69, 9.17) is 0 Å². The van der Waals surface area contributed by atoms with Gasteiger partial charge in [0.05, 0.1) is 6.54 Å². The zero-order chi connectivity index (χ0) is 10.6. The van der Waals surface area contributed by atoms with E-state index >= 15 is 0 Å². The van der Waals surface area contributed by atoms with Gasteiger partial charge in [-0.3, -0.25) is 4.90 Å². The summed E-state index contributed by atoms with van der Waals surface area (Å²) in [4.78, 5) is 6.23. The van der Waals surface area contributed by atoms with Crippen molar-refractivity contribution in [3.63, 3.8) is 0 Å². The molecule has 3 heteroatoms. The fourth-order valence-electron chi connectivity index (χ4n) is 2.01. The molecular weight excluding hydrogens is 174 g/mol. The van der Waals surface area contributed by atoms with E-state index in [-0.39, 0.29) is 0 Å². The first kappa shape index (κ1) is 12.0. The minimum atomic E-state index is 0.802. The highest BCUT2D eigenvalue weighted by Gasteiger charge is 2.20. The van der Waals surface area contributed by atoms with Gasteiger partial charge in [0, 0.05) is 19.6 Å². The van der Waals surface area contributed by atoms with Gasteiger partial charge in [-0.2, -0.15) is 7.05 Å². The molecule has 0 aromatic carbocycles. The Hall–Kier alpha value is -0.120. The summed E-state index contributed by atoms with van der Waals surface area (Å²) in [5.74, 6) is 0. The molecule has 1 heterocycles. The third-order valence-corrected chi connectivity index (χ3v) is 3.14. The van der Waals surface area contributed by atoms with Crippen LogP contribution in [0, 0.1) is 7.05 Å². The van der Waals surface area contributed by atoms with Crippen LogP contribution in [-0.4, -0.2) is 63.2 Å². The summed E-state index contributed by atoms with van der Waals surface area (Å²) in [7, 11) is 10.4. The smallest absolute Gasteiger partial charge is 0.0657 e. The molecule has 0 radical (unpaired) electrons. The lowest BCUT2D eigenvalue weighted by molar-refractivity contribution is -0.831. The Bertz CT molecular complexity index is 149. The Morgan fingerprint density at radius 3 is 2.36 bits per heavy atom. The average molecular weight is 199 g/mol. The molecule has 0 aromatic heterocycles. The predicted molar refractivity (Wildman–Crippen MR) is 60.3 cm³/mol. The van der Waals surface area contributed by atoms with Gasteiger partial charge >= 0.3 is 0 Å². The quantitative estimate of drug-likeness (QED) is 0.602. The van der Waals surface area contributed by atoms with Gasteiger partial charge < -0.3 is 9.80 Å². The Balaban J connectivity index is 2.16. The molecule has 1 aliphatic heterocycles. The minimum absolute atomic E-state index is 0.802. The molecule has 0 spiro atoms. The number of hydrogen-bond acceptors (Lipinski definition) is 2. The van der Waals surface area contributed by atoms with Crippen molar-refractivity contribution < 1.29 is 4.90 Å². The topological polar surface area (TPSA) is 10.9 Å². The predicted octanol–water partition coefficient (Wildman–Crippen LogP) is -0.681. The van der Waals surface area contributed by atoms with Crippen molar-refractivity contribution in [3.8, 4) is 0 Å². The monoisotopic (exact) mass is 199 g/mol. The number of likely N-dealkylation sites (tertiary alicyclic amines) is 1. The maximum absolute atomic E-state index is 3.95. The Labute approximate surface area is 88.7 Å². The van der Waals surface area contributed by atoms with Gasteiger partial charge in [-0.15, -0.1) is 0 Å². The number of piperidine rings is 1. The molecule has 1 aliphatic rings. The summed E-state index contributed by atoms with van der Waals surface area (Å²) in [6, 6.07) is 0.802. The van der Waals surface area contributed by atoms with Gasteiger partial charge in [-0.1, -0.05) is 0 Å². The van der Waals surface area contributed by atoms with Gasteiger partial charge in [0.15, 0.2) is 0 Å². The van der Waals surface area contributed by atoms with Crippen molar-refractivity contribution in [2.45, 2.75) is 18.9 Å². The van der Waals surface area contributed by atoms with Gasteiger partial charge in [0.2, 0.25) is 0 Å². The maximum Gasteiger partial charge on any atom is 0.0657 e. The van der Waals surface area contributed by atoms with Crippen molar-refractivity contribution in [1.29, 1.82) is 0 Å². The second kappa shape index (κ2) is 5.69. The van der Waals surface area contributed by atoms with Gasteiger partial charge in [0.25, 0.3) is 0 Å². The van der Waals surface area contributed by atoms with Crippen LogP contribution in [0.3, 0.4) is 0 Å². The largest absolute Gasteiger partial charge is 0.469 e. The molecule has 0 aromatic rings. The van der Waals surface area contributed by atoms with E-state index in [1.165, 1.54) is 37.4 Å². The maximum atomic E-state index is 3.95. The molecule has 14 heavy (non-hydrogen) atoms. The number of quaternary nitrogens is 1. The molecule has 84 valence electrons. The Morgan fingerprint density at radius 2 is 1.93 bits per heavy atom. The highest BCUT2D eigenvalue weighted by atomic mass is 15.2. The molecule has 0 saturated carbocycles. The molecular formula is C11H25N3. The lowest BCUT2D eigenvalue weighted by Gasteiger charge is -2.35. The molecule has 1 unspecified atom stereocenters. The van der Waals surface area contributed by atoms with Crippen LogP contribution in [0.25, 0.3) is 0 Å². The van der Waals surface area contributed by atoms with Crippen LogP contribution >= 0.6 is 0 Å². The third kappa shape index (κ3) is 3.95. The number of nitrogens with one attached hydrogen (secondary N) is 1. The van der Waals surface area contributed by atoms with E-state index in [0.29, 0.717) is 0 Å². The van der Waals surface area contributed by atoms with Crippen LogP contribution < -0.4 is 4.90 Å². The van der Waals surface area contributed by atoms with Crippen LogP contribution in [0.1, 0.15) is 12.8 Å². The second-order valence-electron chi connectivity index (χ2n) is 4.74. The molecule has 1 fully saturated rings. The van der Waals surface area contributed by atoms with Crippen molar-refractivity contribution in [2.24, 2.45) is 0 Å². The first-order valence-corrected chi connectivity index (χ1v) is 5.62. The molecule has 1 rings (SSSR count). The fourth-order valence-corrected chi connectivity index (χ4v) is 2.01. The van der Waals surface area contributed by atoms with Crippen LogP contribution in [0.4, 0.5) is 0 Å². The van der Waals surface area contributed by atoms with E-state index < -0.39 is 0 Å². The summed E-state index contributed by atoms with van der Waals surface area (Å²) in [5, 5.41) is 0. The standard InChI is InChI=1S/C11H25N3/c1-12(2)9-10-14-7-5-11(6-8-14)13(3)4/h11-12H,1,5-10H2,2-4H3. The van der Waals surface area contributed by atoms with Crippen molar-refractivity contribution in [3.05, 3.63) is 7.05 Å². The van der Waals surface area contributed by atoms with Gasteiger partial charge in [-0.05, 0) is 40.0 Å². The van der Waals surface area contributed by atoms with E-state index in [2.05, 4.69) is 38.0 Å². The molecule has 1 N–H and O–H groups in total. The molecule has 0 aliphatic carbocycles. The van der Waals surface area contributed by atoms with Gasteiger partial charge in [-0.25, -0.2) is 0 Å². The molecule has 1 atom stereocenters. The van der Waals surface area contributed by atoms with Crippen LogP contribution in [0.15, 0.2) is 0 Å². The fraction of sp³-hybridized carbons (Fsp3) is 0.909. The zero-order valence-electron chi connectivity index (χ0n) is 9.92. The van der Waals surface area contributed by atoms with Crippen LogP contribution in [0.5, 0.6) is 0 Å². The summed E-state index contributed by atoms with van der Waals surface area (Å²) >= 11 is 0. The first-order chi connectivity index (χ1) is 6.59. The summed E-state index contributed by atoms with van der Waals surface area (Å²) in [6.07, 6.45) is 2.65. The van der Waals surface area contributed by atoms with Gasteiger partial charge in [0.1, 0.15) is 0 Å². The zero-order valence-corrected chi connectivity index (χ0v) is 9.92. The van der Waals surface area contributed by atoms with Crippen molar-refractivity contribution >= 4 is 0 Å². The molecule has 0 bridgehead atoms. The summed E-state index contributed by atoms with van der Waals surface area (Å²) in [5.41, 5.74) is 0. The minimum Gasteiger partial charge on any atom is -0.469 e. The summed E-state index contributed by atoms with van der Waals surface area (Å²) < 4.78 is 0. The second-order valence-corrected chi connectivity index (χ2v) is 4.74. The number of rotatable bonds is 4. The van der Waals surface area contributed by atoms with Crippen molar-refractivity contribution in [2.75, 3.05) is 47.3 Å². The molecule has 0 amide bonds. The van der Waals surface area contributed by atoms with E-state index in [1.807, 2.05) is 0 Å². The number of nitrogens with zero attached hydrogens (tertiary/aromatic N) is 2. The SMILES string of the molecule is [CH2-][NH+](C)CCN1CCC(N(C)C)CC1. The lowest BCUT2D eigenvalue weighted by Crippen LogP contribution is -3.04. The number of hydrogen-bond donors (Lipinski definition) is 1. The van der Waals surface area contributed by atoms with Crippen LogP contribution in [0.2, 0.25) is 0 Å². The highest BCUT2D eigenvalue weighted by molar-refractivity contribution is 4.76. The Kier molecular flexibility index (Phi) is 4.85. The number of likely N-dealkylation sites (N-methyl/N-ethyl adjacent to an activating group) is 1. The van der Waals surface area contributed by atoms with E-state index in [1.54, 1.807) is 0 Å². The lowest BCUT2D eigenvalue weighted by atomic mass is 10.0. The van der Waals surface area contributed by atoms with E-state index in [9.17, 15) is 0 Å². The highest BCUT2D eigenvalue weighted by Crippen LogP contribution is 2.13. The molecule has 1 saturated heterocycles. The normalized spacial score (nSPS) is 22.9. The molecule has 3 nitrogen and oxygen atoms in total. The average Bonchev–Trinajstić information content (AvgIpc) is 2.15. The van der Waals surface area contributed by atoms with Crippen molar-refractivity contribution in [1.82, 2.24) is 9.80 Å². The van der Waals surface area contributed by atoms with E-state index in [0.717, 1.165) is 12.6 Å². The first-order valence-electron chi connectivity index (χ1n) is 5.62. The summed E-state index contributed by atoms with van der Waals surface area (Å²) in [6.45, 7) is 4.88. The third-order valence-electron chi connectivity index (χ3n) is 3.14. The van der Waals surface area contributed by atoms with Crippen LogP contribution in [-0.2, 0) is 0 Å².